The molecule has 0 atom stereocenters. The van der Waals surface area contributed by atoms with E-state index in [0.717, 1.165) is 68.2 Å². The summed E-state index contributed by atoms with van der Waals surface area (Å²) < 4.78 is 21.7. The number of hydrogen-bond acceptors (Lipinski definition) is 5. The normalized spacial score (nSPS) is 13.2. The Bertz CT molecular complexity index is 922. The highest BCUT2D eigenvalue weighted by Gasteiger charge is 2.14. The smallest absolute Gasteiger partial charge is 0.161 e. The minimum absolute atomic E-state index is 0.778. The van der Waals surface area contributed by atoms with E-state index in [1.54, 1.807) is 34.0 Å². The number of nitrogens with zero attached hydrogens (tertiary/aromatic N) is 1. The molecule has 0 spiro atoms. The van der Waals surface area contributed by atoms with Gasteiger partial charge in [0.25, 0.3) is 0 Å². The first-order valence-corrected chi connectivity index (χ1v) is 11.4. The maximum absolute atomic E-state index is 5.48. The monoisotopic (exact) mass is 439 g/mol. The SMILES string of the molecule is COc1ccc(CCN(C)CCCC2=CCc3cc(OC)c(OC)cc3CC2)cc1OC. The fraction of sp³-hybridized carbons (Fsp3) is 0.481. The third kappa shape index (κ3) is 6.19. The molecule has 1 aliphatic rings. The van der Waals surface area contributed by atoms with E-state index < -0.39 is 0 Å². The average Bonchev–Trinajstić information content (AvgIpc) is 3.03. The zero-order valence-corrected chi connectivity index (χ0v) is 20.2. The number of allylic oxidation sites excluding steroid dienone is 2. The highest BCUT2D eigenvalue weighted by atomic mass is 16.5. The summed E-state index contributed by atoms with van der Waals surface area (Å²) in [5.41, 5.74) is 5.56. The first-order valence-electron chi connectivity index (χ1n) is 11.4. The summed E-state index contributed by atoms with van der Waals surface area (Å²) in [7, 11) is 8.95. The molecule has 0 aromatic heterocycles. The van der Waals surface area contributed by atoms with Crippen LogP contribution in [0, 0.1) is 0 Å². The Morgan fingerprint density at radius 2 is 1.38 bits per heavy atom. The molecule has 0 radical (unpaired) electrons. The van der Waals surface area contributed by atoms with E-state index in [1.165, 1.54) is 23.1 Å². The molecule has 1 aliphatic carbocycles. The minimum atomic E-state index is 0.778. The molecule has 32 heavy (non-hydrogen) atoms. The fourth-order valence-electron chi connectivity index (χ4n) is 4.31. The first kappa shape index (κ1) is 24.0. The van der Waals surface area contributed by atoms with Gasteiger partial charge in [-0.1, -0.05) is 17.7 Å². The van der Waals surface area contributed by atoms with Crippen LogP contribution in [0.3, 0.4) is 0 Å². The largest absolute Gasteiger partial charge is 0.493 e. The van der Waals surface area contributed by atoms with Gasteiger partial charge in [0.15, 0.2) is 23.0 Å². The van der Waals surface area contributed by atoms with Crippen molar-refractivity contribution in [2.75, 3.05) is 48.6 Å². The molecular formula is C27H37NO4. The van der Waals surface area contributed by atoms with Crippen molar-refractivity contribution in [1.82, 2.24) is 4.90 Å². The van der Waals surface area contributed by atoms with E-state index in [0.29, 0.717) is 0 Å². The topological polar surface area (TPSA) is 40.2 Å². The van der Waals surface area contributed by atoms with Crippen LogP contribution in [0.15, 0.2) is 42.0 Å². The second-order valence-corrected chi connectivity index (χ2v) is 8.39. The molecule has 0 saturated heterocycles. The second-order valence-electron chi connectivity index (χ2n) is 8.39. The Morgan fingerprint density at radius 3 is 2.06 bits per heavy atom. The molecular weight excluding hydrogens is 402 g/mol. The molecule has 0 fully saturated rings. The Morgan fingerprint density at radius 1 is 0.719 bits per heavy atom. The third-order valence-electron chi connectivity index (χ3n) is 6.30. The van der Waals surface area contributed by atoms with Crippen molar-refractivity contribution in [1.29, 1.82) is 0 Å². The molecule has 0 bridgehead atoms. The lowest BCUT2D eigenvalue weighted by Crippen LogP contribution is -2.22. The lowest BCUT2D eigenvalue weighted by atomic mass is 10.0. The van der Waals surface area contributed by atoms with E-state index in [-0.39, 0.29) is 0 Å². The minimum Gasteiger partial charge on any atom is -0.493 e. The van der Waals surface area contributed by atoms with E-state index in [1.807, 2.05) is 6.07 Å². The van der Waals surface area contributed by atoms with E-state index in [4.69, 9.17) is 18.9 Å². The molecule has 174 valence electrons. The van der Waals surface area contributed by atoms with Crippen molar-refractivity contribution in [3.05, 3.63) is 58.7 Å². The number of fused-ring (bicyclic) bond motifs is 1. The number of benzene rings is 2. The summed E-state index contributed by atoms with van der Waals surface area (Å²) >= 11 is 0. The number of hydrogen-bond donors (Lipinski definition) is 0. The van der Waals surface area contributed by atoms with Gasteiger partial charge in [-0.25, -0.2) is 0 Å². The Labute approximate surface area is 192 Å². The molecule has 5 nitrogen and oxygen atoms in total. The highest BCUT2D eigenvalue weighted by molar-refractivity contribution is 5.49. The van der Waals surface area contributed by atoms with Crippen LogP contribution >= 0.6 is 0 Å². The van der Waals surface area contributed by atoms with Crippen LogP contribution < -0.4 is 18.9 Å². The average molecular weight is 440 g/mol. The predicted octanol–water partition coefficient (Wildman–Crippen LogP) is 5.09. The van der Waals surface area contributed by atoms with Crippen molar-refractivity contribution < 1.29 is 18.9 Å². The lowest BCUT2D eigenvalue weighted by Gasteiger charge is -2.17. The molecule has 0 N–H and O–H groups in total. The summed E-state index contributed by atoms with van der Waals surface area (Å²) in [6, 6.07) is 10.5. The van der Waals surface area contributed by atoms with E-state index in [2.05, 4.69) is 42.3 Å². The van der Waals surface area contributed by atoms with Gasteiger partial charge < -0.3 is 23.8 Å². The Balaban J connectivity index is 1.45. The van der Waals surface area contributed by atoms with Crippen LogP contribution in [0.4, 0.5) is 0 Å². The summed E-state index contributed by atoms with van der Waals surface area (Å²) in [5.74, 6) is 3.22. The van der Waals surface area contributed by atoms with Gasteiger partial charge in [0, 0.05) is 6.54 Å². The molecule has 5 heteroatoms. The van der Waals surface area contributed by atoms with Gasteiger partial charge in [0.1, 0.15) is 0 Å². The van der Waals surface area contributed by atoms with Crippen LogP contribution in [0.5, 0.6) is 23.0 Å². The number of methoxy groups -OCH3 is 4. The van der Waals surface area contributed by atoms with Crippen LogP contribution in [0.1, 0.15) is 36.0 Å². The van der Waals surface area contributed by atoms with Crippen LogP contribution in [-0.2, 0) is 19.3 Å². The maximum atomic E-state index is 5.48. The molecule has 0 amide bonds. The molecule has 0 aliphatic heterocycles. The number of ether oxygens (including phenoxy) is 4. The number of rotatable bonds is 11. The Kier molecular flexibility index (Phi) is 8.86. The number of likely N-dealkylation sites (N-methyl/N-ethyl adjacent to an activating group) is 1. The van der Waals surface area contributed by atoms with E-state index in [9.17, 15) is 0 Å². The van der Waals surface area contributed by atoms with Gasteiger partial charge >= 0.3 is 0 Å². The molecule has 0 saturated carbocycles. The molecule has 2 aromatic carbocycles. The predicted molar refractivity (Wildman–Crippen MR) is 130 cm³/mol. The van der Waals surface area contributed by atoms with Crippen LogP contribution in [0.25, 0.3) is 0 Å². The van der Waals surface area contributed by atoms with Crippen molar-refractivity contribution in [2.45, 2.75) is 38.5 Å². The molecule has 3 rings (SSSR count). The van der Waals surface area contributed by atoms with Gasteiger partial charge in [-0.3, -0.25) is 0 Å². The summed E-state index contributed by atoms with van der Waals surface area (Å²) in [6.45, 7) is 2.12. The van der Waals surface area contributed by atoms with Crippen molar-refractivity contribution in [2.24, 2.45) is 0 Å². The highest BCUT2D eigenvalue weighted by Crippen LogP contribution is 2.34. The standard InChI is InChI=1S/C27H37NO4/c1-28(16-14-21-10-13-24(29-2)25(17-21)30-3)15-6-7-20-8-11-22-18-26(31-4)27(32-5)19-23(22)12-9-20/h8,10,13,17-19H,6-7,9,11-12,14-16H2,1-5H3. The summed E-state index contributed by atoms with van der Waals surface area (Å²) in [4.78, 5) is 2.42. The van der Waals surface area contributed by atoms with Gasteiger partial charge in [-0.15, -0.1) is 0 Å². The third-order valence-corrected chi connectivity index (χ3v) is 6.30. The quantitative estimate of drug-likeness (QED) is 0.456. The van der Waals surface area contributed by atoms with E-state index >= 15 is 0 Å². The zero-order valence-electron chi connectivity index (χ0n) is 20.2. The van der Waals surface area contributed by atoms with Gasteiger partial charge in [0.05, 0.1) is 28.4 Å². The fourth-order valence-corrected chi connectivity index (χ4v) is 4.31. The van der Waals surface area contributed by atoms with Gasteiger partial charge in [0.2, 0.25) is 0 Å². The molecule has 0 unspecified atom stereocenters. The maximum Gasteiger partial charge on any atom is 0.161 e. The Hall–Kier alpha value is -2.66. The van der Waals surface area contributed by atoms with Crippen molar-refractivity contribution in [3.8, 4) is 23.0 Å². The lowest BCUT2D eigenvalue weighted by molar-refractivity contribution is 0.332. The summed E-state index contributed by atoms with van der Waals surface area (Å²) in [6.07, 6.45) is 8.91. The van der Waals surface area contributed by atoms with Crippen LogP contribution in [-0.4, -0.2) is 53.5 Å². The second kappa shape index (κ2) is 11.8. The molecule has 2 aromatic rings. The van der Waals surface area contributed by atoms with Crippen molar-refractivity contribution >= 4 is 0 Å². The van der Waals surface area contributed by atoms with Crippen molar-refractivity contribution in [3.63, 3.8) is 0 Å². The number of aryl methyl sites for hydroxylation is 1. The first-order chi connectivity index (χ1) is 15.6. The van der Waals surface area contributed by atoms with Crippen LogP contribution in [0.2, 0.25) is 0 Å². The molecule has 0 heterocycles. The zero-order chi connectivity index (χ0) is 22.9. The van der Waals surface area contributed by atoms with Gasteiger partial charge in [-0.05, 0) is 93.1 Å². The van der Waals surface area contributed by atoms with Gasteiger partial charge in [-0.2, -0.15) is 0 Å². The summed E-state index contributed by atoms with van der Waals surface area (Å²) in [5, 5.41) is 0.